The average Bonchev–Trinajstić information content (AvgIpc) is 3.05. The van der Waals surface area contributed by atoms with Crippen LogP contribution in [0.4, 0.5) is 0 Å². The molecule has 0 saturated heterocycles. The lowest BCUT2D eigenvalue weighted by Crippen LogP contribution is -2.31. The van der Waals surface area contributed by atoms with Crippen molar-refractivity contribution in [3.8, 4) is 5.75 Å². The number of benzene rings is 1. The van der Waals surface area contributed by atoms with Gasteiger partial charge in [-0.1, -0.05) is 31.5 Å². The first-order valence-corrected chi connectivity index (χ1v) is 10.4. The van der Waals surface area contributed by atoms with E-state index < -0.39 is 10.1 Å². The maximum atomic E-state index is 12.6. The van der Waals surface area contributed by atoms with E-state index in [4.69, 9.17) is 4.18 Å². The van der Waals surface area contributed by atoms with E-state index in [2.05, 4.69) is 6.92 Å². The van der Waals surface area contributed by atoms with Crippen LogP contribution in [0.15, 0.2) is 41.8 Å². The number of nitrogens with zero attached hydrogens (tertiary/aromatic N) is 1. The number of hydrogen-bond acceptors (Lipinski definition) is 5. The van der Waals surface area contributed by atoms with Crippen molar-refractivity contribution in [2.75, 3.05) is 12.8 Å². The first kappa shape index (κ1) is 18.5. The third-order valence-corrected chi connectivity index (χ3v) is 4.70. The molecule has 2 rings (SSSR count). The highest BCUT2D eigenvalue weighted by Gasteiger charge is 2.16. The van der Waals surface area contributed by atoms with Crippen LogP contribution in [0.25, 0.3) is 0 Å². The number of unbranched alkanes of at least 4 members (excludes halogenated alkanes) is 1. The van der Waals surface area contributed by atoms with Gasteiger partial charge in [0.25, 0.3) is 5.91 Å². The van der Waals surface area contributed by atoms with Crippen LogP contribution in [-0.4, -0.2) is 32.0 Å². The second kappa shape index (κ2) is 8.30. The van der Waals surface area contributed by atoms with Crippen molar-refractivity contribution in [3.63, 3.8) is 0 Å². The number of carbonyl (C=O) groups is 1. The minimum Gasteiger partial charge on any atom is -0.383 e. The maximum absolute atomic E-state index is 12.6. The molecule has 0 bridgehead atoms. The fraction of sp³-hybridized carbons (Fsp3) is 0.353. The summed E-state index contributed by atoms with van der Waals surface area (Å²) in [6.45, 7) is 3.26. The van der Waals surface area contributed by atoms with Gasteiger partial charge in [-0.05, 0) is 35.6 Å². The summed E-state index contributed by atoms with van der Waals surface area (Å²) in [6.07, 6.45) is 2.95. The van der Waals surface area contributed by atoms with Crippen LogP contribution in [0.2, 0.25) is 0 Å². The molecule has 1 amide bonds. The molecule has 0 spiro atoms. The van der Waals surface area contributed by atoms with E-state index in [1.165, 1.54) is 11.3 Å². The smallest absolute Gasteiger partial charge is 0.306 e. The van der Waals surface area contributed by atoms with Crippen LogP contribution < -0.4 is 4.18 Å². The molecule has 0 atom stereocenters. The third-order valence-electron chi connectivity index (χ3n) is 3.35. The molecule has 0 radical (unpaired) electrons. The number of rotatable bonds is 8. The summed E-state index contributed by atoms with van der Waals surface area (Å²) in [5.74, 6) is 0.292. The van der Waals surface area contributed by atoms with Crippen molar-refractivity contribution >= 4 is 27.4 Å². The normalized spacial score (nSPS) is 11.2. The molecule has 1 aromatic carbocycles. The quantitative estimate of drug-likeness (QED) is 0.670. The maximum Gasteiger partial charge on any atom is 0.306 e. The van der Waals surface area contributed by atoms with Gasteiger partial charge in [0, 0.05) is 13.1 Å². The molecule has 1 aromatic heterocycles. The van der Waals surface area contributed by atoms with E-state index in [0.717, 1.165) is 29.5 Å². The van der Waals surface area contributed by atoms with Gasteiger partial charge in [-0.3, -0.25) is 4.79 Å². The van der Waals surface area contributed by atoms with Crippen LogP contribution >= 0.6 is 11.3 Å². The van der Waals surface area contributed by atoms with Gasteiger partial charge in [0.2, 0.25) is 0 Å². The van der Waals surface area contributed by atoms with E-state index in [1.807, 2.05) is 22.4 Å². The van der Waals surface area contributed by atoms with Gasteiger partial charge in [-0.25, -0.2) is 0 Å². The Morgan fingerprint density at radius 3 is 2.46 bits per heavy atom. The average molecular weight is 367 g/mol. The first-order chi connectivity index (χ1) is 11.4. The highest BCUT2D eigenvalue weighted by Crippen LogP contribution is 2.18. The van der Waals surface area contributed by atoms with Crippen molar-refractivity contribution in [3.05, 3.63) is 52.2 Å². The second-order valence-corrected chi connectivity index (χ2v) is 8.01. The molecule has 130 valence electrons. The highest BCUT2D eigenvalue weighted by atomic mass is 32.2. The predicted molar refractivity (Wildman–Crippen MR) is 95.9 cm³/mol. The van der Waals surface area contributed by atoms with Crippen molar-refractivity contribution in [2.24, 2.45) is 0 Å². The molecule has 5 nitrogen and oxygen atoms in total. The number of thiophene rings is 1. The van der Waals surface area contributed by atoms with Crippen LogP contribution in [0, 0.1) is 0 Å². The zero-order valence-corrected chi connectivity index (χ0v) is 15.4. The summed E-state index contributed by atoms with van der Waals surface area (Å²) in [5.41, 5.74) is 0.928. The lowest BCUT2D eigenvalue weighted by atomic mass is 10.2. The topological polar surface area (TPSA) is 63.7 Å². The van der Waals surface area contributed by atoms with Gasteiger partial charge in [-0.2, -0.15) is 8.42 Å². The molecule has 0 saturated carbocycles. The van der Waals surface area contributed by atoms with Gasteiger partial charge in [-0.15, -0.1) is 11.3 Å². The Labute approximate surface area is 147 Å². The number of carbonyl (C=O) groups excluding carboxylic acids is 1. The summed E-state index contributed by atoms with van der Waals surface area (Å²) in [5, 5.41) is 1.89. The van der Waals surface area contributed by atoms with E-state index in [9.17, 15) is 13.2 Å². The van der Waals surface area contributed by atoms with Crippen LogP contribution in [0.3, 0.4) is 0 Å². The molecular weight excluding hydrogens is 346 g/mol. The first-order valence-electron chi connectivity index (χ1n) is 7.70. The van der Waals surface area contributed by atoms with E-state index in [1.54, 1.807) is 24.3 Å². The molecule has 0 N–H and O–H groups in total. The van der Waals surface area contributed by atoms with Crippen molar-refractivity contribution < 1.29 is 17.4 Å². The number of amides is 1. The van der Waals surface area contributed by atoms with E-state index in [-0.39, 0.29) is 11.7 Å². The Balaban J connectivity index is 2.09. The lowest BCUT2D eigenvalue weighted by molar-refractivity contribution is 0.0745. The summed E-state index contributed by atoms with van der Waals surface area (Å²) >= 11 is 1.43. The molecule has 1 heterocycles. The molecule has 7 heteroatoms. The molecular formula is C17H21NO4S2. The molecule has 0 aliphatic heterocycles. The SMILES string of the molecule is CCCCN(Cc1ccc(OS(C)(=O)=O)cc1)C(=O)c1cccs1. The molecule has 0 aliphatic carbocycles. The Morgan fingerprint density at radius 1 is 1.21 bits per heavy atom. The van der Waals surface area contributed by atoms with Gasteiger partial charge in [0.15, 0.2) is 0 Å². The molecule has 24 heavy (non-hydrogen) atoms. The van der Waals surface area contributed by atoms with E-state index >= 15 is 0 Å². The Kier molecular flexibility index (Phi) is 6.39. The van der Waals surface area contributed by atoms with Crippen molar-refractivity contribution in [1.82, 2.24) is 4.90 Å². The van der Waals surface area contributed by atoms with Crippen molar-refractivity contribution in [1.29, 1.82) is 0 Å². The second-order valence-electron chi connectivity index (χ2n) is 5.49. The Bertz CT molecular complexity index is 752. The lowest BCUT2D eigenvalue weighted by Gasteiger charge is -2.22. The third kappa shape index (κ3) is 5.65. The van der Waals surface area contributed by atoms with E-state index in [0.29, 0.717) is 13.1 Å². The zero-order chi connectivity index (χ0) is 17.6. The Morgan fingerprint density at radius 2 is 1.92 bits per heavy atom. The number of hydrogen-bond donors (Lipinski definition) is 0. The van der Waals surface area contributed by atoms with Gasteiger partial charge < -0.3 is 9.08 Å². The highest BCUT2D eigenvalue weighted by molar-refractivity contribution is 7.86. The predicted octanol–water partition coefficient (Wildman–Crippen LogP) is 3.53. The monoisotopic (exact) mass is 367 g/mol. The minimum atomic E-state index is -3.53. The molecule has 2 aromatic rings. The van der Waals surface area contributed by atoms with Crippen LogP contribution in [0.1, 0.15) is 35.0 Å². The summed E-state index contributed by atoms with van der Waals surface area (Å²) in [6, 6.07) is 10.5. The van der Waals surface area contributed by atoms with Gasteiger partial charge in [0.1, 0.15) is 5.75 Å². The zero-order valence-electron chi connectivity index (χ0n) is 13.8. The van der Waals surface area contributed by atoms with Crippen LogP contribution in [0.5, 0.6) is 5.75 Å². The summed E-state index contributed by atoms with van der Waals surface area (Å²) in [4.78, 5) is 15.1. The molecule has 0 unspecified atom stereocenters. The fourth-order valence-electron chi connectivity index (χ4n) is 2.20. The van der Waals surface area contributed by atoms with Gasteiger partial charge in [0.05, 0.1) is 11.1 Å². The molecule has 0 aliphatic rings. The fourth-order valence-corrected chi connectivity index (χ4v) is 3.35. The largest absolute Gasteiger partial charge is 0.383 e. The summed E-state index contributed by atoms with van der Waals surface area (Å²) < 4.78 is 27.1. The van der Waals surface area contributed by atoms with Crippen molar-refractivity contribution in [2.45, 2.75) is 26.3 Å². The Hall–Kier alpha value is -1.86. The standard InChI is InChI=1S/C17H21NO4S2/c1-3-4-11-18(17(19)16-6-5-12-23-16)13-14-7-9-15(10-8-14)22-24(2,20)21/h5-10,12H,3-4,11,13H2,1-2H3. The van der Waals surface area contributed by atoms with Crippen LogP contribution in [-0.2, 0) is 16.7 Å². The molecule has 0 fully saturated rings. The summed E-state index contributed by atoms with van der Waals surface area (Å²) in [7, 11) is -3.53. The van der Waals surface area contributed by atoms with Gasteiger partial charge >= 0.3 is 10.1 Å². The minimum absolute atomic E-state index is 0.0231.